The summed E-state index contributed by atoms with van der Waals surface area (Å²) in [5.41, 5.74) is 5.35. The average Bonchev–Trinajstić information content (AvgIpc) is 3.18. The third-order valence-electron chi connectivity index (χ3n) is 9.93. The number of esters is 1. The van der Waals surface area contributed by atoms with Crippen LogP contribution in [-0.2, 0) is 32.7 Å². The summed E-state index contributed by atoms with van der Waals surface area (Å²) in [6, 6.07) is -1.47. The fourth-order valence-corrected chi connectivity index (χ4v) is 7.14. The first-order valence-electron chi connectivity index (χ1n) is 22.9. The number of carboxylic acid groups (broad SMARTS) is 1. The highest BCUT2D eigenvalue weighted by Crippen LogP contribution is 2.43. The van der Waals surface area contributed by atoms with E-state index < -0.39 is 45.1 Å². The Morgan fingerprint density at radius 1 is 0.554 bits per heavy atom. The van der Waals surface area contributed by atoms with Crippen LogP contribution in [-0.4, -0.2) is 60.5 Å². The largest absolute Gasteiger partial charge is 0.480 e. The van der Waals surface area contributed by atoms with Gasteiger partial charge in [-0.3, -0.25) is 18.6 Å². The molecule has 4 N–H and O–H groups in total. The fourth-order valence-electron chi connectivity index (χ4n) is 6.37. The zero-order valence-corrected chi connectivity index (χ0v) is 36.9. The smallest absolute Gasteiger partial charge is 0.472 e. The van der Waals surface area contributed by atoms with Gasteiger partial charge >= 0.3 is 19.8 Å². The Labute approximate surface area is 343 Å². The first-order chi connectivity index (χ1) is 27.2. The van der Waals surface area contributed by atoms with Gasteiger partial charge in [-0.05, 0) is 57.8 Å². The Morgan fingerprint density at radius 2 is 0.964 bits per heavy atom. The topological polar surface area (TPSA) is 155 Å². The molecule has 11 heteroatoms. The Balaban J connectivity index is 4.09. The van der Waals surface area contributed by atoms with E-state index in [1.807, 2.05) is 0 Å². The minimum Gasteiger partial charge on any atom is -0.480 e. The minimum atomic E-state index is -4.61. The number of phosphoric ester groups is 1. The van der Waals surface area contributed by atoms with Crippen LogP contribution in [0.4, 0.5) is 0 Å². The first kappa shape index (κ1) is 54.5. The standard InChI is InChI=1S/C45H86NO9P/c1-3-5-7-9-11-13-15-16-17-18-19-20-21-22-23-24-25-26-27-29-31-33-35-37-44(47)55-42(40-53-56(50,51)54-41-43(46)45(48)49)39-52-38-36-34-32-30-28-14-12-10-8-6-4-2/h8,10,18-19,42-43H,3-7,9,11-17,20-41,46H2,1-2H3,(H,48,49)(H,50,51)/b10-8-,19-18-. The predicted octanol–water partition coefficient (Wildman–Crippen LogP) is 12.7. The van der Waals surface area contributed by atoms with Gasteiger partial charge in [0.1, 0.15) is 12.1 Å². The summed E-state index contributed by atoms with van der Waals surface area (Å²) in [6.45, 7) is 3.83. The molecule has 0 heterocycles. The first-order valence-corrected chi connectivity index (χ1v) is 24.4. The normalized spacial score (nSPS) is 14.1. The molecule has 0 aliphatic carbocycles. The molecule has 0 rings (SSSR count). The number of carbonyl (C=O) groups excluding carboxylic acids is 1. The van der Waals surface area contributed by atoms with Crippen LogP contribution in [0.5, 0.6) is 0 Å². The Bertz CT molecular complexity index is 993. The van der Waals surface area contributed by atoms with E-state index in [9.17, 15) is 19.0 Å². The summed E-state index contributed by atoms with van der Waals surface area (Å²) in [5.74, 6) is -1.78. The lowest BCUT2D eigenvalue weighted by molar-refractivity contribution is -0.154. The number of rotatable bonds is 44. The SMILES string of the molecule is CCC/C=C\CCCCCCCCOCC(COP(=O)(O)OCC(N)C(=O)O)OC(=O)CCCCCCCCCCCCC/C=C\CCCCCCCCCC. The summed E-state index contributed by atoms with van der Waals surface area (Å²) in [5, 5.41) is 8.89. The zero-order valence-electron chi connectivity index (χ0n) is 36.0. The van der Waals surface area contributed by atoms with Gasteiger partial charge in [-0.15, -0.1) is 0 Å². The van der Waals surface area contributed by atoms with Crippen LogP contribution in [0.25, 0.3) is 0 Å². The molecule has 330 valence electrons. The van der Waals surface area contributed by atoms with Crippen LogP contribution in [0.1, 0.15) is 213 Å². The van der Waals surface area contributed by atoms with E-state index in [0.29, 0.717) is 13.0 Å². The average molecular weight is 816 g/mol. The van der Waals surface area contributed by atoms with Crippen molar-refractivity contribution in [3.05, 3.63) is 24.3 Å². The number of aliphatic carboxylic acids is 1. The molecule has 0 aromatic rings. The highest BCUT2D eigenvalue weighted by atomic mass is 31.2. The van der Waals surface area contributed by atoms with E-state index in [1.165, 1.54) is 135 Å². The van der Waals surface area contributed by atoms with Crippen molar-refractivity contribution in [2.24, 2.45) is 5.73 Å². The molecular weight excluding hydrogens is 729 g/mol. The summed E-state index contributed by atoms with van der Waals surface area (Å²) in [7, 11) is -4.61. The fraction of sp³-hybridized carbons (Fsp3) is 0.867. The van der Waals surface area contributed by atoms with Gasteiger partial charge in [0.15, 0.2) is 0 Å². The molecule has 0 saturated heterocycles. The number of ether oxygens (including phenoxy) is 2. The van der Waals surface area contributed by atoms with Gasteiger partial charge < -0.3 is 25.2 Å². The molecule has 0 aliphatic rings. The maximum Gasteiger partial charge on any atom is 0.472 e. The molecule has 3 unspecified atom stereocenters. The quantitative estimate of drug-likeness (QED) is 0.0234. The second-order valence-corrected chi connectivity index (χ2v) is 17.0. The summed E-state index contributed by atoms with van der Waals surface area (Å²) < 4.78 is 33.3. The van der Waals surface area contributed by atoms with Gasteiger partial charge in [0, 0.05) is 13.0 Å². The molecule has 0 aliphatic heterocycles. The van der Waals surface area contributed by atoms with E-state index in [2.05, 4.69) is 38.2 Å². The third-order valence-corrected chi connectivity index (χ3v) is 10.9. The second kappa shape index (κ2) is 41.6. The highest BCUT2D eigenvalue weighted by Gasteiger charge is 2.27. The highest BCUT2D eigenvalue weighted by molar-refractivity contribution is 7.47. The van der Waals surface area contributed by atoms with Crippen molar-refractivity contribution in [2.75, 3.05) is 26.4 Å². The van der Waals surface area contributed by atoms with Crippen LogP contribution < -0.4 is 5.73 Å². The maximum absolute atomic E-state index is 12.6. The van der Waals surface area contributed by atoms with Crippen molar-refractivity contribution in [3.63, 3.8) is 0 Å². The summed E-state index contributed by atoms with van der Waals surface area (Å²) >= 11 is 0. The van der Waals surface area contributed by atoms with Gasteiger partial charge in [-0.2, -0.15) is 0 Å². The van der Waals surface area contributed by atoms with Gasteiger partial charge in [0.25, 0.3) is 0 Å². The molecule has 3 atom stereocenters. The van der Waals surface area contributed by atoms with E-state index in [1.54, 1.807) is 0 Å². The number of allylic oxidation sites excluding steroid dienone is 4. The molecule has 0 amide bonds. The lowest BCUT2D eigenvalue weighted by atomic mass is 10.0. The van der Waals surface area contributed by atoms with E-state index in [4.69, 9.17) is 29.4 Å². The predicted molar refractivity (Wildman–Crippen MR) is 231 cm³/mol. The maximum atomic E-state index is 12.6. The summed E-state index contributed by atoms with van der Waals surface area (Å²) in [4.78, 5) is 33.5. The number of phosphoric acid groups is 1. The number of nitrogens with two attached hydrogens (primary N) is 1. The molecule has 10 nitrogen and oxygen atoms in total. The number of hydrogen-bond donors (Lipinski definition) is 3. The minimum absolute atomic E-state index is 0.0148. The molecule has 0 aromatic heterocycles. The Kier molecular flexibility index (Phi) is 40.5. The van der Waals surface area contributed by atoms with E-state index in [-0.39, 0.29) is 13.0 Å². The van der Waals surface area contributed by atoms with Crippen molar-refractivity contribution in [2.45, 2.75) is 225 Å². The van der Waals surface area contributed by atoms with Crippen molar-refractivity contribution in [1.82, 2.24) is 0 Å². The molecular formula is C45H86NO9P. The molecule has 0 bridgehead atoms. The van der Waals surface area contributed by atoms with Crippen molar-refractivity contribution in [1.29, 1.82) is 0 Å². The van der Waals surface area contributed by atoms with E-state index >= 15 is 0 Å². The van der Waals surface area contributed by atoms with Crippen molar-refractivity contribution < 1.29 is 42.7 Å². The van der Waals surface area contributed by atoms with Gasteiger partial charge in [-0.1, -0.05) is 173 Å². The van der Waals surface area contributed by atoms with Crippen LogP contribution in [0.2, 0.25) is 0 Å². The number of unbranched alkanes of at least 4 members (excludes halogenated alkanes) is 26. The zero-order chi connectivity index (χ0) is 41.2. The lowest BCUT2D eigenvalue weighted by Gasteiger charge is -2.20. The lowest BCUT2D eigenvalue weighted by Crippen LogP contribution is -2.34. The molecule has 0 radical (unpaired) electrons. The van der Waals surface area contributed by atoms with Crippen molar-refractivity contribution in [3.8, 4) is 0 Å². The summed E-state index contributed by atoms with van der Waals surface area (Å²) in [6.07, 6.45) is 45.3. The third kappa shape index (κ3) is 40.6. The number of hydrogen-bond acceptors (Lipinski definition) is 8. The van der Waals surface area contributed by atoms with Crippen LogP contribution >= 0.6 is 7.82 Å². The molecule has 0 saturated carbocycles. The number of carboxylic acids is 1. The van der Waals surface area contributed by atoms with E-state index in [0.717, 1.165) is 51.4 Å². The molecule has 0 fully saturated rings. The van der Waals surface area contributed by atoms with Gasteiger partial charge in [-0.25, -0.2) is 4.57 Å². The van der Waals surface area contributed by atoms with Gasteiger partial charge in [0.05, 0.1) is 19.8 Å². The molecule has 0 spiro atoms. The number of carbonyl (C=O) groups is 2. The van der Waals surface area contributed by atoms with Crippen molar-refractivity contribution >= 4 is 19.8 Å². The Hall–Kier alpha value is -1.55. The second-order valence-electron chi connectivity index (χ2n) is 15.5. The van der Waals surface area contributed by atoms with Gasteiger partial charge in [0.2, 0.25) is 0 Å². The van der Waals surface area contributed by atoms with Crippen LogP contribution in [0.3, 0.4) is 0 Å². The monoisotopic (exact) mass is 816 g/mol. The molecule has 0 aromatic carbocycles. The Morgan fingerprint density at radius 3 is 1.43 bits per heavy atom. The van der Waals surface area contributed by atoms with Crippen LogP contribution in [0, 0.1) is 0 Å². The van der Waals surface area contributed by atoms with Crippen LogP contribution in [0.15, 0.2) is 24.3 Å². The molecule has 56 heavy (non-hydrogen) atoms.